The first-order valence-corrected chi connectivity index (χ1v) is 8.92. The van der Waals surface area contributed by atoms with E-state index in [2.05, 4.69) is 36.0 Å². The zero-order chi connectivity index (χ0) is 20.0. The third-order valence-electron chi connectivity index (χ3n) is 4.18. The maximum Gasteiger partial charge on any atom is 0.349 e. The van der Waals surface area contributed by atoms with Crippen LogP contribution < -0.4 is 21.2 Å². The summed E-state index contributed by atoms with van der Waals surface area (Å²) in [5.41, 5.74) is 1.03. The zero-order valence-corrected chi connectivity index (χ0v) is 15.9. The van der Waals surface area contributed by atoms with Crippen molar-refractivity contribution < 1.29 is 14.0 Å². The van der Waals surface area contributed by atoms with Gasteiger partial charge in [0.1, 0.15) is 11.1 Å². The Morgan fingerprint density at radius 3 is 2.41 bits per heavy atom. The molecule has 0 aliphatic carbocycles. The fraction of sp³-hybridized carbons (Fsp3) is 0.350. The summed E-state index contributed by atoms with van der Waals surface area (Å²) in [7, 11) is 0. The largest absolute Gasteiger partial charge is 0.422 e. The van der Waals surface area contributed by atoms with Crippen LogP contribution >= 0.6 is 0 Å². The Hall–Kier alpha value is -3.09. The second-order valence-corrected chi connectivity index (χ2v) is 6.13. The highest BCUT2D eigenvalue weighted by Gasteiger charge is 2.14. The number of rotatable bonds is 8. The Bertz CT molecular complexity index is 913. The molecule has 0 radical (unpaired) electrons. The first-order valence-electron chi connectivity index (χ1n) is 8.92. The highest BCUT2D eigenvalue weighted by atomic mass is 16.4. The molecule has 2 rings (SSSR count). The van der Waals surface area contributed by atoms with Gasteiger partial charge in [0.2, 0.25) is 5.91 Å². The van der Waals surface area contributed by atoms with Crippen molar-refractivity contribution in [3.8, 4) is 0 Å². The van der Waals surface area contributed by atoms with E-state index >= 15 is 0 Å². The SMILES string of the molecule is C=C(C)C(=O)NCCNC(=O)c1cc2ccc(N(CC)CC)cc2oc1=O. The molecule has 2 amide bonds. The quantitative estimate of drug-likeness (QED) is 0.421. The summed E-state index contributed by atoms with van der Waals surface area (Å²) in [6.45, 7) is 11.3. The van der Waals surface area contributed by atoms with Gasteiger partial charge in [-0.3, -0.25) is 9.59 Å². The van der Waals surface area contributed by atoms with Crippen LogP contribution in [-0.4, -0.2) is 38.0 Å². The minimum atomic E-state index is -0.692. The van der Waals surface area contributed by atoms with Gasteiger partial charge in [-0.1, -0.05) is 6.58 Å². The van der Waals surface area contributed by atoms with Crippen molar-refractivity contribution in [1.29, 1.82) is 0 Å². The van der Waals surface area contributed by atoms with Crippen LogP contribution in [-0.2, 0) is 4.79 Å². The number of nitrogens with zero attached hydrogens (tertiary/aromatic N) is 1. The molecule has 0 saturated heterocycles. The average Bonchev–Trinajstić information content (AvgIpc) is 2.65. The fourth-order valence-electron chi connectivity index (χ4n) is 2.64. The van der Waals surface area contributed by atoms with Gasteiger partial charge in [0.05, 0.1) is 0 Å². The van der Waals surface area contributed by atoms with Crippen LogP contribution in [0.25, 0.3) is 11.0 Å². The normalized spacial score (nSPS) is 10.5. The van der Waals surface area contributed by atoms with Crippen molar-refractivity contribution in [2.24, 2.45) is 0 Å². The van der Waals surface area contributed by atoms with Gasteiger partial charge < -0.3 is 20.0 Å². The summed E-state index contributed by atoms with van der Waals surface area (Å²) in [4.78, 5) is 38.0. The van der Waals surface area contributed by atoms with Gasteiger partial charge >= 0.3 is 5.63 Å². The van der Waals surface area contributed by atoms with Crippen LogP contribution in [0, 0.1) is 0 Å². The number of hydrogen-bond donors (Lipinski definition) is 2. The highest BCUT2D eigenvalue weighted by Crippen LogP contribution is 2.21. The predicted molar refractivity (Wildman–Crippen MR) is 106 cm³/mol. The molecule has 0 aliphatic heterocycles. The molecule has 2 aromatic rings. The van der Waals surface area contributed by atoms with Crippen LogP contribution in [0.4, 0.5) is 5.69 Å². The molecule has 144 valence electrons. The van der Waals surface area contributed by atoms with Gasteiger partial charge in [-0.05, 0) is 39.0 Å². The van der Waals surface area contributed by atoms with E-state index in [0.717, 1.165) is 18.8 Å². The van der Waals surface area contributed by atoms with Crippen molar-refractivity contribution in [3.63, 3.8) is 0 Å². The van der Waals surface area contributed by atoms with Gasteiger partial charge in [0, 0.05) is 48.9 Å². The second kappa shape index (κ2) is 9.02. The first kappa shape index (κ1) is 20.2. The number of carbonyl (C=O) groups is 2. The Balaban J connectivity index is 2.12. The van der Waals surface area contributed by atoms with Crippen molar-refractivity contribution in [2.75, 3.05) is 31.1 Å². The maximum atomic E-state index is 12.2. The number of amides is 2. The van der Waals surface area contributed by atoms with E-state index in [1.807, 2.05) is 12.1 Å². The third kappa shape index (κ3) is 4.97. The molecule has 1 aromatic heterocycles. The minimum Gasteiger partial charge on any atom is -0.422 e. The Morgan fingerprint density at radius 1 is 1.11 bits per heavy atom. The minimum absolute atomic E-state index is 0.0654. The lowest BCUT2D eigenvalue weighted by Gasteiger charge is -2.21. The third-order valence-corrected chi connectivity index (χ3v) is 4.18. The van der Waals surface area contributed by atoms with Gasteiger partial charge in [-0.15, -0.1) is 0 Å². The lowest BCUT2D eigenvalue weighted by Crippen LogP contribution is -2.36. The van der Waals surface area contributed by atoms with Gasteiger partial charge in [-0.2, -0.15) is 0 Å². The van der Waals surface area contributed by atoms with E-state index < -0.39 is 11.5 Å². The molecule has 0 unspecified atom stereocenters. The van der Waals surface area contributed by atoms with Gasteiger partial charge in [0.25, 0.3) is 5.91 Å². The zero-order valence-electron chi connectivity index (χ0n) is 15.9. The van der Waals surface area contributed by atoms with Crippen molar-refractivity contribution in [2.45, 2.75) is 20.8 Å². The maximum absolute atomic E-state index is 12.2. The Labute approximate surface area is 158 Å². The molecule has 1 aromatic carbocycles. The highest BCUT2D eigenvalue weighted by molar-refractivity contribution is 5.97. The molecule has 0 aliphatic rings. The summed E-state index contributed by atoms with van der Waals surface area (Å²) in [5, 5.41) is 5.87. The molecule has 0 bridgehead atoms. The molecule has 27 heavy (non-hydrogen) atoms. The molecular weight excluding hydrogens is 346 g/mol. The molecule has 2 N–H and O–H groups in total. The number of nitrogens with one attached hydrogen (secondary N) is 2. The summed E-state index contributed by atoms with van der Waals surface area (Å²) in [6, 6.07) is 7.09. The van der Waals surface area contributed by atoms with Gasteiger partial charge in [0.15, 0.2) is 0 Å². The van der Waals surface area contributed by atoms with Crippen molar-refractivity contribution in [3.05, 3.63) is 52.4 Å². The fourth-order valence-corrected chi connectivity index (χ4v) is 2.64. The van der Waals surface area contributed by atoms with E-state index in [1.165, 1.54) is 6.07 Å². The number of carbonyl (C=O) groups excluding carboxylic acids is 2. The molecule has 0 atom stereocenters. The summed E-state index contributed by atoms with van der Waals surface area (Å²) >= 11 is 0. The Kier molecular flexibility index (Phi) is 6.76. The lowest BCUT2D eigenvalue weighted by atomic mass is 10.1. The van der Waals surface area contributed by atoms with E-state index in [-0.39, 0.29) is 24.6 Å². The molecule has 0 saturated carbocycles. The predicted octanol–water partition coefficient (Wildman–Crippen LogP) is 2.06. The molecule has 1 heterocycles. The molecule has 0 spiro atoms. The summed E-state index contributed by atoms with van der Waals surface area (Å²) in [5.74, 6) is -0.818. The van der Waals surface area contributed by atoms with E-state index in [1.54, 1.807) is 13.0 Å². The van der Waals surface area contributed by atoms with Crippen LogP contribution in [0.15, 0.2) is 45.6 Å². The molecule has 7 nitrogen and oxygen atoms in total. The van der Waals surface area contributed by atoms with E-state index in [4.69, 9.17) is 4.42 Å². The number of hydrogen-bond acceptors (Lipinski definition) is 5. The van der Waals surface area contributed by atoms with Crippen LogP contribution in [0.3, 0.4) is 0 Å². The molecule has 0 fully saturated rings. The summed E-state index contributed by atoms with van der Waals surface area (Å²) < 4.78 is 5.35. The Morgan fingerprint density at radius 2 is 1.78 bits per heavy atom. The number of anilines is 1. The topological polar surface area (TPSA) is 91.7 Å². The van der Waals surface area contributed by atoms with Crippen LogP contribution in [0.5, 0.6) is 0 Å². The summed E-state index contributed by atoms with van der Waals surface area (Å²) in [6.07, 6.45) is 0. The van der Waals surface area contributed by atoms with Crippen LogP contribution in [0.2, 0.25) is 0 Å². The van der Waals surface area contributed by atoms with Crippen LogP contribution in [0.1, 0.15) is 31.1 Å². The lowest BCUT2D eigenvalue weighted by molar-refractivity contribution is -0.117. The monoisotopic (exact) mass is 371 g/mol. The molecular formula is C20H25N3O4. The second-order valence-electron chi connectivity index (χ2n) is 6.13. The van der Waals surface area contributed by atoms with E-state index in [9.17, 15) is 14.4 Å². The van der Waals surface area contributed by atoms with E-state index in [0.29, 0.717) is 16.5 Å². The standard InChI is InChI=1S/C20H25N3O4/c1-5-23(6-2)15-8-7-14-11-16(20(26)27-17(14)12-15)19(25)22-10-9-21-18(24)13(3)4/h7-8,11-12H,3,5-6,9-10H2,1-2,4H3,(H,21,24)(H,22,25). The smallest absolute Gasteiger partial charge is 0.349 e. The van der Waals surface area contributed by atoms with Crippen molar-refractivity contribution >= 4 is 28.5 Å². The average molecular weight is 371 g/mol. The van der Waals surface area contributed by atoms with Crippen molar-refractivity contribution in [1.82, 2.24) is 10.6 Å². The number of benzene rings is 1. The molecule has 7 heteroatoms. The number of fused-ring (bicyclic) bond motifs is 1. The first-order chi connectivity index (χ1) is 12.9. The van der Waals surface area contributed by atoms with Gasteiger partial charge in [-0.25, -0.2) is 4.79 Å².